The summed E-state index contributed by atoms with van der Waals surface area (Å²) in [6.07, 6.45) is 1.99. The number of aliphatic imine (C=N–C) groups is 1. The molecular formula is C18H26FIN4O2S2. The highest BCUT2D eigenvalue weighted by molar-refractivity contribution is 14.0. The first-order valence-corrected chi connectivity index (χ1v) is 11.4. The number of aryl methyl sites for hydroxylation is 2. The summed E-state index contributed by atoms with van der Waals surface area (Å²) >= 11 is 1.68. The summed E-state index contributed by atoms with van der Waals surface area (Å²) in [5, 5.41) is 7.37. The van der Waals surface area contributed by atoms with Gasteiger partial charge in [-0.3, -0.25) is 4.99 Å². The zero-order valence-corrected chi connectivity index (χ0v) is 20.3. The molecule has 156 valence electrons. The predicted molar refractivity (Wildman–Crippen MR) is 124 cm³/mol. The molecule has 6 nitrogen and oxygen atoms in total. The number of thiazole rings is 1. The topological polar surface area (TPSA) is 83.4 Å². The number of halogens is 2. The van der Waals surface area contributed by atoms with Crippen molar-refractivity contribution in [3.05, 3.63) is 50.7 Å². The van der Waals surface area contributed by atoms with E-state index in [1.807, 2.05) is 13.8 Å². The number of hydrogen-bond acceptors (Lipinski definition) is 5. The first-order chi connectivity index (χ1) is 12.7. The summed E-state index contributed by atoms with van der Waals surface area (Å²) in [5.74, 6) is 0.0480. The smallest absolute Gasteiger partial charge is 0.191 e. The Morgan fingerprint density at radius 3 is 2.54 bits per heavy atom. The van der Waals surface area contributed by atoms with Gasteiger partial charge in [0, 0.05) is 37.7 Å². The Kier molecular flexibility index (Phi) is 9.78. The lowest BCUT2D eigenvalue weighted by molar-refractivity contribution is 0.599. The highest BCUT2D eigenvalue weighted by Gasteiger charge is 2.11. The molecule has 0 spiro atoms. The lowest BCUT2D eigenvalue weighted by Crippen LogP contribution is -2.38. The summed E-state index contributed by atoms with van der Waals surface area (Å²) < 4.78 is 36.8. The zero-order valence-electron chi connectivity index (χ0n) is 16.4. The fourth-order valence-electron chi connectivity index (χ4n) is 2.68. The van der Waals surface area contributed by atoms with Crippen LogP contribution in [0, 0.1) is 19.7 Å². The van der Waals surface area contributed by atoms with Gasteiger partial charge in [0.2, 0.25) is 0 Å². The summed E-state index contributed by atoms with van der Waals surface area (Å²) in [5.41, 5.74) is 2.22. The molecule has 1 aromatic heterocycles. The standard InChI is InChI=1S/C18H25FN4O2S2.HI/c1-12-17(26-13(2)23-12)7-8-21-18(20-3)22-10-15-9-16(19)6-5-14(15)11-27(4,24)25;/h5-6,9H,7-8,10-11H2,1-4H3,(H2,20,21,22);1H. The fourth-order valence-corrected chi connectivity index (χ4v) is 4.46. The summed E-state index contributed by atoms with van der Waals surface area (Å²) in [7, 11) is -1.55. The van der Waals surface area contributed by atoms with Crippen molar-refractivity contribution in [2.75, 3.05) is 19.8 Å². The van der Waals surface area contributed by atoms with Crippen molar-refractivity contribution in [1.29, 1.82) is 0 Å². The van der Waals surface area contributed by atoms with E-state index in [1.54, 1.807) is 18.4 Å². The number of nitrogens with zero attached hydrogens (tertiary/aromatic N) is 2. The van der Waals surface area contributed by atoms with Gasteiger partial charge in [0.1, 0.15) is 5.82 Å². The van der Waals surface area contributed by atoms with Crippen molar-refractivity contribution in [2.45, 2.75) is 32.6 Å². The van der Waals surface area contributed by atoms with Crippen LogP contribution in [0.2, 0.25) is 0 Å². The monoisotopic (exact) mass is 540 g/mol. The Morgan fingerprint density at radius 1 is 1.25 bits per heavy atom. The van der Waals surface area contributed by atoms with Crippen LogP contribution in [0.15, 0.2) is 23.2 Å². The van der Waals surface area contributed by atoms with Gasteiger partial charge in [-0.1, -0.05) is 6.07 Å². The van der Waals surface area contributed by atoms with Crippen LogP contribution in [0.25, 0.3) is 0 Å². The van der Waals surface area contributed by atoms with Crippen molar-refractivity contribution in [1.82, 2.24) is 15.6 Å². The van der Waals surface area contributed by atoms with E-state index in [0.29, 0.717) is 23.6 Å². The van der Waals surface area contributed by atoms with Gasteiger partial charge >= 0.3 is 0 Å². The summed E-state index contributed by atoms with van der Waals surface area (Å²) in [6.45, 7) is 4.95. The molecule has 2 rings (SSSR count). The molecule has 2 aromatic rings. The average molecular weight is 540 g/mol. The zero-order chi connectivity index (χ0) is 20.0. The Bertz CT molecular complexity index is 930. The van der Waals surface area contributed by atoms with Gasteiger partial charge in [-0.15, -0.1) is 35.3 Å². The van der Waals surface area contributed by atoms with Crippen LogP contribution in [0.4, 0.5) is 4.39 Å². The maximum Gasteiger partial charge on any atom is 0.191 e. The molecule has 0 saturated carbocycles. The van der Waals surface area contributed by atoms with Crippen LogP contribution >= 0.6 is 35.3 Å². The number of rotatable bonds is 7. The SMILES string of the molecule is CN=C(NCCc1sc(C)nc1C)NCc1cc(F)ccc1CS(C)(=O)=O.I. The lowest BCUT2D eigenvalue weighted by atomic mass is 10.1. The van der Waals surface area contributed by atoms with Crippen LogP contribution in [-0.2, 0) is 28.6 Å². The van der Waals surface area contributed by atoms with Gasteiger partial charge < -0.3 is 10.6 Å². The second-order valence-corrected chi connectivity index (χ2v) is 9.76. The molecule has 0 saturated heterocycles. The van der Waals surface area contributed by atoms with E-state index in [1.165, 1.54) is 23.1 Å². The van der Waals surface area contributed by atoms with E-state index in [-0.39, 0.29) is 36.3 Å². The molecule has 0 unspecified atom stereocenters. The van der Waals surface area contributed by atoms with E-state index < -0.39 is 15.7 Å². The molecule has 0 amide bonds. The second-order valence-electron chi connectivity index (χ2n) is 6.33. The van der Waals surface area contributed by atoms with Crippen molar-refractivity contribution >= 4 is 51.1 Å². The van der Waals surface area contributed by atoms with Gasteiger partial charge in [-0.25, -0.2) is 17.8 Å². The molecular weight excluding hydrogens is 514 g/mol. The van der Waals surface area contributed by atoms with Gasteiger partial charge in [0.25, 0.3) is 0 Å². The third-order valence-electron chi connectivity index (χ3n) is 3.90. The maximum atomic E-state index is 13.6. The minimum atomic E-state index is -3.20. The van der Waals surface area contributed by atoms with E-state index >= 15 is 0 Å². The maximum absolute atomic E-state index is 13.6. The van der Waals surface area contributed by atoms with Crippen molar-refractivity contribution < 1.29 is 12.8 Å². The molecule has 0 atom stereocenters. The molecule has 1 aromatic carbocycles. The first kappa shape index (κ1) is 24.8. The number of aromatic nitrogens is 1. The Hall–Kier alpha value is -1.27. The molecule has 28 heavy (non-hydrogen) atoms. The number of guanidine groups is 1. The minimum Gasteiger partial charge on any atom is -0.356 e. The summed E-state index contributed by atoms with van der Waals surface area (Å²) in [6, 6.07) is 4.14. The molecule has 0 radical (unpaired) electrons. The fraction of sp³-hybridized carbons (Fsp3) is 0.444. The molecule has 1 heterocycles. The second kappa shape index (κ2) is 11.1. The number of benzene rings is 1. The van der Waals surface area contributed by atoms with Crippen LogP contribution in [-0.4, -0.2) is 39.2 Å². The molecule has 0 aliphatic carbocycles. The van der Waals surface area contributed by atoms with Crippen molar-refractivity contribution in [3.8, 4) is 0 Å². The van der Waals surface area contributed by atoms with E-state index in [4.69, 9.17) is 0 Å². The van der Waals surface area contributed by atoms with Crippen LogP contribution in [0.5, 0.6) is 0 Å². The van der Waals surface area contributed by atoms with Gasteiger partial charge in [-0.05, 0) is 37.1 Å². The Labute approximate surface area is 187 Å². The first-order valence-electron chi connectivity index (χ1n) is 8.50. The van der Waals surface area contributed by atoms with Crippen LogP contribution in [0.3, 0.4) is 0 Å². The number of hydrogen-bond donors (Lipinski definition) is 2. The summed E-state index contributed by atoms with van der Waals surface area (Å²) in [4.78, 5) is 9.80. The number of nitrogens with one attached hydrogen (secondary N) is 2. The van der Waals surface area contributed by atoms with Gasteiger partial charge in [0.05, 0.1) is 16.5 Å². The molecule has 0 aliphatic rings. The van der Waals surface area contributed by atoms with E-state index in [0.717, 1.165) is 23.4 Å². The highest BCUT2D eigenvalue weighted by atomic mass is 127. The minimum absolute atomic E-state index is 0. The normalized spacial score (nSPS) is 11.8. The van der Waals surface area contributed by atoms with Gasteiger partial charge in [-0.2, -0.15) is 0 Å². The molecule has 0 aliphatic heterocycles. The quantitative estimate of drug-likeness (QED) is 0.321. The molecule has 10 heteroatoms. The van der Waals surface area contributed by atoms with E-state index in [2.05, 4.69) is 20.6 Å². The van der Waals surface area contributed by atoms with Crippen LogP contribution < -0.4 is 10.6 Å². The lowest BCUT2D eigenvalue weighted by Gasteiger charge is -2.14. The predicted octanol–water partition coefficient (Wildman–Crippen LogP) is 2.97. The number of sulfone groups is 1. The van der Waals surface area contributed by atoms with Crippen LogP contribution in [0.1, 0.15) is 26.7 Å². The molecule has 2 N–H and O–H groups in total. The largest absolute Gasteiger partial charge is 0.356 e. The van der Waals surface area contributed by atoms with Gasteiger partial charge in [0.15, 0.2) is 15.8 Å². The van der Waals surface area contributed by atoms with Crippen molar-refractivity contribution in [3.63, 3.8) is 0 Å². The molecule has 0 bridgehead atoms. The average Bonchev–Trinajstić information content (AvgIpc) is 2.89. The Balaban J connectivity index is 0.00000392. The van der Waals surface area contributed by atoms with Crippen molar-refractivity contribution in [2.24, 2.45) is 4.99 Å². The third kappa shape index (κ3) is 8.00. The highest BCUT2D eigenvalue weighted by Crippen LogP contribution is 2.17. The Morgan fingerprint density at radius 2 is 1.96 bits per heavy atom. The third-order valence-corrected chi connectivity index (χ3v) is 5.87. The molecule has 0 fully saturated rings. The van der Waals surface area contributed by atoms with E-state index in [9.17, 15) is 12.8 Å².